The molecule has 98 valence electrons. The second-order valence-electron chi connectivity index (χ2n) is 4.33. The summed E-state index contributed by atoms with van der Waals surface area (Å²) in [6.45, 7) is 3.17. The number of aryl methyl sites for hydroxylation is 2. The molecule has 0 spiro atoms. The summed E-state index contributed by atoms with van der Waals surface area (Å²) in [6, 6.07) is 0.278. The summed E-state index contributed by atoms with van der Waals surface area (Å²) in [7, 11) is 2.03. The molecule has 0 saturated carbocycles. The molecule has 0 saturated heterocycles. The van der Waals surface area contributed by atoms with Gasteiger partial charge in [-0.15, -0.1) is 5.10 Å². The van der Waals surface area contributed by atoms with Crippen LogP contribution in [0.15, 0.2) is 17.8 Å². The van der Waals surface area contributed by atoms with Crippen LogP contribution in [0.2, 0.25) is 0 Å². The highest BCUT2D eigenvalue weighted by Gasteiger charge is 2.14. The molecular formula is C12H19N5S. The number of hydrogen-bond acceptors (Lipinski definition) is 5. The maximum atomic E-state index is 4.35. The van der Waals surface area contributed by atoms with Crippen molar-refractivity contribution in [3.05, 3.63) is 29.3 Å². The minimum atomic E-state index is 0.278. The standard InChI is InChI=1S/C12H19N5S/c1-3-6-13-10(11-9-18-16-15-11)4-5-12-14-7-8-17(12)2/h7-10,13H,3-6H2,1-2H3. The molecule has 18 heavy (non-hydrogen) atoms. The molecule has 1 atom stereocenters. The maximum absolute atomic E-state index is 4.35. The molecule has 5 nitrogen and oxygen atoms in total. The summed E-state index contributed by atoms with van der Waals surface area (Å²) >= 11 is 1.41. The molecule has 0 radical (unpaired) electrons. The summed E-state index contributed by atoms with van der Waals surface area (Å²) in [6.07, 6.45) is 6.89. The molecule has 0 amide bonds. The van der Waals surface area contributed by atoms with Gasteiger partial charge in [-0.25, -0.2) is 4.98 Å². The van der Waals surface area contributed by atoms with Crippen molar-refractivity contribution in [3.63, 3.8) is 0 Å². The lowest BCUT2D eigenvalue weighted by atomic mass is 10.1. The van der Waals surface area contributed by atoms with E-state index in [-0.39, 0.29) is 6.04 Å². The van der Waals surface area contributed by atoms with E-state index in [0.717, 1.165) is 37.3 Å². The van der Waals surface area contributed by atoms with E-state index >= 15 is 0 Å². The summed E-state index contributed by atoms with van der Waals surface area (Å²) < 4.78 is 6.01. The molecule has 0 aliphatic heterocycles. The van der Waals surface area contributed by atoms with Crippen molar-refractivity contribution >= 4 is 11.5 Å². The zero-order chi connectivity index (χ0) is 12.8. The van der Waals surface area contributed by atoms with Gasteiger partial charge in [0.25, 0.3) is 0 Å². The minimum Gasteiger partial charge on any atom is -0.338 e. The third-order valence-electron chi connectivity index (χ3n) is 2.95. The smallest absolute Gasteiger partial charge is 0.108 e. The van der Waals surface area contributed by atoms with E-state index in [2.05, 4.69) is 31.4 Å². The van der Waals surface area contributed by atoms with E-state index in [9.17, 15) is 0 Å². The normalized spacial score (nSPS) is 12.8. The fourth-order valence-electron chi connectivity index (χ4n) is 1.91. The van der Waals surface area contributed by atoms with E-state index in [1.165, 1.54) is 11.5 Å². The first-order valence-electron chi connectivity index (χ1n) is 6.27. The highest BCUT2D eigenvalue weighted by Crippen LogP contribution is 2.17. The van der Waals surface area contributed by atoms with Crippen LogP contribution in [0.4, 0.5) is 0 Å². The number of aromatic nitrogens is 4. The van der Waals surface area contributed by atoms with Gasteiger partial charge in [-0.2, -0.15) is 0 Å². The molecule has 1 N–H and O–H groups in total. The van der Waals surface area contributed by atoms with Gasteiger partial charge in [-0.05, 0) is 30.9 Å². The monoisotopic (exact) mass is 265 g/mol. The molecule has 0 aromatic carbocycles. The van der Waals surface area contributed by atoms with Gasteiger partial charge in [0.05, 0.1) is 11.7 Å². The quantitative estimate of drug-likeness (QED) is 0.831. The predicted octanol–water partition coefficient (Wildman–Crippen LogP) is 1.95. The summed E-state index contributed by atoms with van der Waals surface area (Å²) in [5, 5.41) is 9.71. The van der Waals surface area contributed by atoms with Gasteiger partial charge in [-0.3, -0.25) is 0 Å². The molecule has 2 rings (SSSR count). The Morgan fingerprint density at radius 2 is 2.39 bits per heavy atom. The molecule has 1 unspecified atom stereocenters. The zero-order valence-electron chi connectivity index (χ0n) is 10.8. The number of rotatable bonds is 7. The van der Waals surface area contributed by atoms with Gasteiger partial charge in [0.2, 0.25) is 0 Å². The van der Waals surface area contributed by atoms with Gasteiger partial charge in [0.1, 0.15) is 5.82 Å². The van der Waals surface area contributed by atoms with E-state index in [1.54, 1.807) is 0 Å². The van der Waals surface area contributed by atoms with Gasteiger partial charge >= 0.3 is 0 Å². The largest absolute Gasteiger partial charge is 0.338 e. The maximum Gasteiger partial charge on any atom is 0.108 e. The summed E-state index contributed by atoms with van der Waals surface area (Å²) in [5.41, 5.74) is 1.04. The van der Waals surface area contributed by atoms with Crippen LogP contribution in [0.3, 0.4) is 0 Å². The Hall–Kier alpha value is -1.27. The van der Waals surface area contributed by atoms with Crippen LogP contribution < -0.4 is 5.32 Å². The number of nitrogens with one attached hydrogen (secondary N) is 1. The number of nitrogens with zero attached hydrogens (tertiary/aromatic N) is 4. The van der Waals surface area contributed by atoms with Gasteiger partial charge in [-0.1, -0.05) is 11.4 Å². The first-order chi connectivity index (χ1) is 8.81. The lowest BCUT2D eigenvalue weighted by Crippen LogP contribution is -2.23. The molecular weight excluding hydrogens is 246 g/mol. The van der Waals surface area contributed by atoms with E-state index in [0.29, 0.717) is 0 Å². The second-order valence-corrected chi connectivity index (χ2v) is 4.94. The molecule has 2 aromatic rings. The molecule has 2 aromatic heterocycles. The van der Waals surface area contributed by atoms with E-state index < -0.39 is 0 Å². The molecule has 0 aliphatic rings. The van der Waals surface area contributed by atoms with Crippen LogP contribution in [0.5, 0.6) is 0 Å². The zero-order valence-corrected chi connectivity index (χ0v) is 11.7. The first-order valence-corrected chi connectivity index (χ1v) is 7.11. The van der Waals surface area contributed by atoms with Crippen LogP contribution in [-0.2, 0) is 13.5 Å². The Kier molecular flexibility index (Phi) is 4.83. The minimum absolute atomic E-state index is 0.278. The molecule has 0 aliphatic carbocycles. The molecule has 6 heteroatoms. The Morgan fingerprint density at radius 3 is 3.00 bits per heavy atom. The average molecular weight is 265 g/mol. The van der Waals surface area contributed by atoms with Crippen molar-refractivity contribution in [1.82, 2.24) is 24.5 Å². The third-order valence-corrected chi connectivity index (χ3v) is 3.48. The van der Waals surface area contributed by atoms with Crippen molar-refractivity contribution in [3.8, 4) is 0 Å². The average Bonchev–Trinajstić information content (AvgIpc) is 3.01. The Labute approximate surface area is 111 Å². The van der Waals surface area contributed by atoms with Crippen molar-refractivity contribution in [2.24, 2.45) is 7.05 Å². The molecule has 0 bridgehead atoms. The predicted molar refractivity (Wildman–Crippen MR) is 72.5 cm³/mol. The SMILES string of the molecule is CCCNC(CCc1nccn1C)c1csnn1. The van der Waals surface area contributed by atoms with Crippen molar-refractivity contribution < 1.29 is 0 Å². The highest BCUT2D eigenvalue weighted by molar-refractivity contribution is 7.03. The Bertz CT molecular complexity index is 451. The lowest BCUT2D eigenvalue weighted by Gasteiger charge is -2.15. The van der Waals surface area contributed by atoms with Crippen molar-refractivity contribution in [2.45, 2.75) is 32.2 Å². The van der Waals surface area contributed by atoms with Gasteiger partial charge in [0.15, 0.2) is 0 Å². The molecule has 2 heterocycles. The highest BCUT2D eigenvalue weighted by atomic mass is 32.1. The topological polar surface area (TPSA) is 55.6 Å². The third kappa shape index (κ3) is 3.36. The van der Waals surface area contributed by atoms with Crippen molar-refractivity contribution in [1.29, 1.82) is 0 Å². The number of hydrogen-bond donors (Lipinski definition) is 1. The van der Waals surface area contributed by atoms with Crippen LogP contribution in [0, 0.1) is 0 Å². The van der Waals surface area contributed by atoms with Gasteiger partial charge in [0, 0.05) is 31.2 Å². The Balaban J connectivity index is 1.95. The van der Waals surface area contributed by atoms with Crippen LogP contribution in [0.25, 0.3) is 0 Å². The summed E-state index contributed by atoms with van der Waals surface area (Å²) in [4.78, 5) is 4.35. The Morgan fingerprint density at radius 1 is 1.50 bits per heavy atom. The van der Waals surface area contributed by atoms with E-state index in [1.807, 2.05) is 24.8 Å². The first kappa shape index (κ1) is 13.2. The fourth-order valence-corrected chi connectivity index (χ4v) is 2.42. The fraction of sp³-hybridized carbons (Fsp3) is 0.583. The van der Waals surface area contributed by atoms with Crippen LogP contribution >= 0.6 is 11.5 Å². The molecule has 0 fully saturated rings. The number of imidazole rings is 1. The van der Waals surface area contributed by atoms with Gasteiger partial charge < -0.3 is 9.88 Å². The van der Waals surface area contributed by atoms with Crippen LogP contribution in [-0.4, -0.2) is 25.7 Å². The van der Waals surface area contributed by atoms with E-state index in [4.69, 9.17) is 0 Å². The second kappa shape index (κ2) is 6.61. The lowest BCUT2D eigenvalue weighted by molar-refractivity contribution is 0.480. The van der Waals surface area contributed by atoms with Crippen LogP contribution in [0.1, 0.15) is 37.3 Å². The summed E-state index contributed by atoms with van der Waals surface area (Å²) in [5.74, 6) is 1.11. The van der Waals surface area contributed by atoms with Crippen molar-refractivity contribution in [2.75, 3.05) is 6.54 Å².